The molecule has 9 heteroatoms. The number of carbonyl (C=O) groups excluding carboxylic acids is 2. The Morgan fingerprint density at radius 3 is 2.59 bits per heavy atom. The van der Waals surface area contributed by atoms with Crippen LogP contribution in [0.3, 0.4) is 0 Å². The molecule has 1 heterocycles. The lowest BCUT2D eigenvalue weighted by Crippen LogP contribution is -2.23. The lowest BCUT2D eigenvalue weighted by Gasteiger charge is -2.11. The van der Waals surface area contributed by atoms with E-state index >= 15 is 0 Å². The minimum atomic E-state index is -0.729. The Balaban J connectivity index is 1.73. The molecule has 0 fully saturated rings. The van der Waals surface area contributed by atoms with E-state index in [-0.39, 0.29) is 5.70 Å². The van der Waals surface area contributed by atoms with Gasteiger partial charge in [0.05, 0.1) is 0 Å². The Kier molecular flexibility index (Phi) is 6.36. The Morgan fingerprint density at radius 1 is 1.17 bits per heavy atom. The van der Waals surface area contributed by atoms with Crippen molar-refractivity contribution in [2.24, 2.45) is 0 Å². The standard InChI is InChI=1S/C20H18ClN5O3/c1-13-10-16(21)8-9-17(13)22-19(27)12-29-20(28)18(26-14(2)23-24-25-26)11-15-6-4-3-5-7-15/h3-11H,12H2,1-2H3,(H,22,27)/b18-11-. The number of esters is 1. The molecular formula is C20H18ClN5O3. The molecule has 0 radical (unpaired) electrons. The molecule has 0 saturated carbocycles. The number of carbonyl (C=O) groups is 2. The highest BCUT2D eigenvalue weighted by atomic mass is 35.5. The number of tetrazole rings is 1. The molecule has 3 aromatic rings. The normalized spacial score (nSPS) is 11.2. The van der Waals surface area contributed by atoms with Crippen molar-refractivity contribution in [2.75, 3.05) is 11.9 Å². The fourth-order valence-electron chi connectivity index (χ4n) is 2.53. The lowest BCUT2D eigenvalue weighted by molar-refractivity contribution is -0.141. The number of nitrogens with one attached hydrogen (secondary N) is 1. The predicted molar refractivity (Wildman–Crippen MR) is 109 cm³/mol. The van der Waals surface area contributed by atoms with Gasteiger partial charge in [0.15, 0.2) is 18.1 Å². The summed E-state index contributed by atoms with van der Waals surface area (Å²) in [6, 6.07) is 14.3. The molecule has 0 aliphatic carbocycles. The van der Waals surface area contributed by atoms with Crippen LogP contribution in [0.1, 0.15) is 17.0 Å². The van der Waals surface area contributed by atoms with Crippen molar-refractivity contribution in [3.05, 3.63) is 70.5 Å². The molecule has 0 spiro atoms. The van der Waals surface area contributed by atoms with E-state index in [0.717, 1.165) is 11.1 Å². The SMILES string of the molecule is Cc1cc(Cl)ccc1NC(=O)COC(=O)/C(=C/c1ccccc1)n1nnnc1C. The molecule has 0 saturated heterocycles. The van der Waals surface area contributed by atoms with E-state index in [2.05, 4.69) is 20.8 Å². The number of hydrogen-bond donors (Lipinski definition) is 1. The zero-order valence-electron chi connectivity index (χ0n) is 15.8. The van der Waals surface area contributed by atoms with Crippen LogP contribution in [0.15, 0.2) is 48.5 Å². The average molecular weight is 412 g/mol. The van der Waals surface area contributed by atoms with E-state index in [1.54, 1.807) is 31.2 Å². The van der Waals surface area contributed by atoms with Crippen LogP contribution in [0.25, 0.3) is 11.8 Å². The molecule has 0 unspecified atom stereocenters. The number of benzene rings is 2. The topological polar surface area (TPSA) is 99.0 Å². The van der Waals surface area contributed by atoms with Gasteiger partial charge in [-0.3, -0.25) is 4.79 Å². The highest BCUT2D eigenvalue weighted by Crippen LogP contribution is 2.19. The van der Waals surface area contributed by atoms with Crippen molar-refractivity contribution in [1.82, 2.24) is 20.2 Å². The summed E-state index contributed by atoms with van der Waals surface area (Å²) in [4.78, 5) is 24.9. The van der Waals surface area contributed by atoms with Gasteiger partial charge >= 0.3 is 5.97 Å². The molecule has 148 valence electrons. The van der Waals surface area contributed by atoms with Gasteiger partial charge in [-0.2, -0.15) is 4.68 Å². The van der Waals surface area contributed by atoms with Gasteiger partial charge in [-0.25, -0.2) is 4.79 Å². The van der Waals surface area contributed by atoms with E-state index in [1.807, 2.05) is 37.3 Å². The molecule has 0 bridgehead atoms. The first kappa shape index (κ1) is 20.2. The number of amides is 1. The molecule has 0 aliphatic rings. The third-order valence-electron chi connectivity index (χ3n) is 3.96. The predicted octanol–water partition coefficient (Wildman–Crippen LogP) is 3.12. The fourth-order valence-corrected chi connectivity index (χ4v) is 2.75. The van der Waals surface area contributed by atoms with E-state index in [1.165, 1.54) is 4.68 Å². The number of aromatic nitrogens is 4. The maximum absolute atomic E-state index is 12.7. The van der Waals surface area contributed by atoms with Crippen molar-refractivity contribution in [3.63, 3.8) is 0 Å². The zero-order valence-corrected chi connectivity index (χ0v) is 16.6. The second-order valence-corrected chi connectivity index (χ2v) is 6.60. The molecule has 1 aromatic heterocycles. The van der Waals surface area contributed by atoms with Gasteiger partial charge in [0.2, 0.25) is 0 Å². The van der Waals surface area contributed by atoms with Crippen molar-refractivity contribution in [1.29, 1.82) is 0 Å². The maximum Gasteiger partial charge on any atom is 0.357 e. The van der Waals surface area contributed by atoms with Gasteiger partial charge in [-0.05, 0) is 59.7 Å². The van der Waals surface area contributed by atoms with Gasteiger partial charge in [0.1, 0.15) is 0 Å². The summed E-state index contributed by atoms with van der Waals surface area (Å²) >= 11 is 5.91. The highest BCUT2D eigenvalue weighted by Gasteiger charge is 2.19. The third-order valence-corrected chi connectivity index (χ3v) is 4.20. The van der Waals surface area contributed by atoms with E-state index < -0.39 is 18.5 Å². The van der Waals surface area contributed by atoms with Crippen LogP contribution >= 0.6 is 11.6 Å². The fraction of sp³-hybridized carbons (Fsp3) is 0.150. The number of anilines is 1. The van der Waals surface area contributed by atoms with E-state index in [9.17, 15) is 9.59 Å². The minimum absolute atomic E-state index is 0.0918. The van der Waals surface area contributed by atoms with Gasteiger partial charge in [0.25, 0.3) is 5.91 Å². The Hall–Kier alpha value is -3.52. The number of ether oxygens (including phenoxy) is 1. The molecular weight excluding hydrogens is 394 g/mol. The summed E-state index contributed by atoms with van der Waals surface area (Å²) in [5.41, 5.74) is 2.24. The summed E-state index contributed by atoms with van der Waals surface area (Å²) in [6.45, 7) is 3.00. The number of nitrogens with zero attached hydrogens (tertiary/aromatic N) is 4. The van der Waals surface area contributed by atoms with Crippen LogP contribution in [0, 0.1) is 13.8 Å². The van der Waals surface area contributed by atoms with Crippen LogP contribution in [0.5, 0.6) is 0 Å². The summed E-state index contributed by atoms with van der Waals surface area (Å²) in [5, 5.41) is 14.4. The summed E-state index contributed by atoms with van der Waals surface area (Å²) in [6.07, 6.45) is 1.59. The van der Waals surface area contributed by atoms with Crippen molar-refractivity contribution in [3.8, 4) is 0 Å². The second kappa shape index (κ2) is 9.11. The molecule has 8 nitrogen and oxygen atoms in total. The molecule has 3 rings (SSSR count). The van der Waals surface area contributed by atoms with Crippen molar-refractivity contribution in [2.45, 2.75) is 13.8 Å². The number of rotatable bonds is 6. The van der Waals surface area contributed by atoms with Crippen LogP contribution in [-0.2, 0) is 14.3 Å². The molecule has 29 heavy (non-hydrogen) atoms. The molecule has 2 aromatic carbocycles. The lowest BCUT2D eigenvalue weighted by atomic mass is 10.2. The molecule has 0 aliphatic heterocycles. The first-order valence-electron chi connectivity index (χ1n) is 8.69. The van der Waals surface area contributed by atoms with Crippen LogP contribution in [-0.4, -0.2) is 38.7 Å². The van der Waals surface area contributed by atoms with Crippen LogP contribution in [0.2, 0.25) is 5.02 Å². The molecule has 0 atom stereocenters. The third kappa shape index (κ3) is 5.26. The van der Waals surface area contributed by atoms with Gasteiger partial charge in [0, 0.05) is 10.7 Å². The highest BCUT2D eigenvalue weighted by molar-refractivity contribution is 6.30. The van der Waals surface area contributed by atoms with Crippen LogP contribution in [0.4, 0.5) is 5.69 Å². The van der Waals surface area contributed by atoms with Crippen molar-refractivity contribution < 1.29 is 14.3 Å². The monoisotopic (exact) mass is 411 g/mol. The molecule has 1 N–H and O–H groups in total. The summed E-state index contributed by atoms with van der Waals surface area (Å²) in [5.74, 6) is -0.797. The van der Waals surface area contributed by atoms with Gasteiger partial charge in [-0.1, -0.05) is 41.9 Å². The van der Waals surface area contributed by atoms with Crippen molar-refractivity contribution >= 4 is 40.9 Å². The number of hydrogen-bond acceptors (Lipinski definition) is 6. The van der Waals surface area contributed by atoms with Crippen LogP contribution < -0.4 is 5.32 Å². The maximum atomic E-state index is 12.7. The first-order chi connectivity index (χ1) is 13.9. The first-order valence-corrected chi connectivity index (χ1v) is 9.07. The Bertz CT molecular complexity index is 1060. The van der Waals surface area contributed by atoms with Gasteiger partial charge < -0.3 is 10.1 Å². The zero-order chi connectivity index (χ0) is 20.8. The average Bonchev–Trinajstić information content (AvgIpc) is 3.13. The summed E-state index contributed by atoms with van der Waals surface area (Å²) < 4.78 is 6.45. The quantitative estimate of drug-likeness (QED) is 0.494. The largest absolute Gasteiger partial charge is 0.451 e. The minimum Gasteiger partial charge on any atom is -0.451 e. The van der Waals surface area contributed by atoms with E-state index in [4.69, 9.17) is 16.3 Å². The Labute approximate surface area is 172 Å². The number of aryl methyl sites for hydroxylation is 2. The summed E-state index contributed by atoms with van der Waals surface area (Å²) in [7, 11) is 0. The smallest absolute Gasteiger partial charge is 0.357 e. The second-order valence-electron chi connectivity index (χ2n) is 6.16. The molecule has 1 amide bonds. The number of halogens is 1. The van der Waals surface area contributed by atoms with Gasteiger partial charge in [-0.15, -0.1) is 5.10 Å². The van der Waals surface area contributed by atoms with E-state index in [0.29, 0.717) is 16.5 Å². The Morgan fingerprint density at radius 2 is 1.93 bits per heavy atom.